The zero-order valence-corrected chi connectivity index (χ0v) is 30.9. The van der Waals surface area contributed by atoms with E-state index in [4.69, 9.17) is 13.6 Å². The highest BCUT2D eigenvalue weighted by molar-refractivity contribution is 7.70. The number of hydrogen-bond donors (Lipinski definition) is 3. The highest BCUT2D eigenvalue weighted by Crippen LogP contribution is 2.57. The van der Waals surface area contributed by atoms with Crippen molar-refractivity contribution >= 4 is 61.9 Å². The fourth-order valence-electron chi connectivity index (χ4n) is 7.14. The smallest absolute Gasteiger partial charge is 0.374 e. The van der Waals surface area contributed by atoms with Gasteiger partial charge in [-0.2, -0.15) is 15.0 Å². The van der Waals surface area contributed by atoms with E-state index in [9.17, 15) is 13.7 Å². The van der Waals surface area contributed by atoms with Crippen LogP contribution in [0.5, 0.6) is 11.5 Å². The minimum atomic E-state index is -3.96. The predicted molar refractivity (Wildman–Crippen MR) is 210 cm³/mol. The van der Waals surface area contributed by atoms with Crippen molar-refractivity contribution in [1.29, 1.82) is 0 Å². The fraction of sp³-hybridized carbons (Fsp3) is 0.0513. The molecular formula is C39H29N6O6P3. The predicted octanol–water partition coefficient (Wildman–Crippen LogP) is 8.87. The Morgan fingerprint density at radius 2 is 0.852 bits per heavy atom. The van der Waals surface area contributed by atoms with Crippen LogP contribution in [-0.4, -0.2) is 15.0 Å². The third-order valence-electron chi connectivity index (χ3n) is 9.50. The first-order valence-electron chi connectivity index (χ1n) is 17.2. The average Bonchev–Trinajstić information content (AvgIpc) is 3.18. The van der Waals surface area contributed by atoms with Crippen molar-refractivity contribution < 1.29 is 27.3 Å². The zero-order valence-electron chi connectivity index (χ0n) is 28.2. The van der Waals surface area contributed by atoms with Crippen molar-refractivity contribution in [2.24, 2.45) is 0 Å². The highest BCUT2D eigenvalue weighted by Gasteiger charge is 2.42. The van der Waals surface area contributed by atoms with Crippen LogP contribution in [-0.2, 0) is 18.2 Å². The molecule has 0 saturated heterocycles. The normalized spacial score (nSPS) is 22.7. The van der Waals surface area contributed by atoms with Gasteiger partial charge in [0.05, 0.1) is 15.9 Å². The Balaban J connectivity index is 1.09. The number of anilines is 3. The average molecular weight is 771 g/mol. The summed E-state index contributed by atoms with van der Waals surface area (Å²) < 4.78 is 63.4. The van der Waals surface area contributed by atoms with Gasteiger partial charge >= 0.3 is 22.6 Å². The van der Waals surface area contributed by atoms with Crippen molar-refractivity contribution in [3.8, 4) is 33.8 Å². The molecule has 0 saturated carbocycles. The monoisotopic (exact) mass is 770 g/mol. The van der Waals surface area contributed by atoms with Gasteiger partial charge in [0.25, 0.3) is 0 Å². The molecule has 3 atom stereocenters. The van der Waals surface area contributed by atoms with Crippen LogP contribution in [0.15, 0.2) is 139 Å². The maximum absolute atomic E-state index is 14.9. The number of fused-ring (bicyclic) bond motifs is 8. The second-order valence-electron chi connectivity index (χ2n) is 12.9. The lowest BCUT2D eigenvalue weighted by Gasteiger charge is -2.31. The lowest BCUT2D eigenvalue weighted by Crippen LogP contribution is -2.26. The lowest BCUT2D eigenvalue weighted by molar-refractivity contribution is 0.398. The van der Waals surface area contributed by atoms with Crippen LogP contribution in [0.3, 0.4) is 0 Å². The first-order chi connectivity index (χ1) is 26.3. The van der Waals surface area contributed by atoms with Crippen molar-refractivity contribution in [3.63, 3.8) is 0 Å². The minimum Gasteiger partial charge on any atom is -0.430 e. The molecule has 15 heteroatoms. The summed E-state index contributed by atoms with van der Waals surface area (Å²) in [6.07, 6.45) is 5.32. The molecule has 4 heterocycles. The molecule has 6 aromatic rings. The Hall–Kier alpha value is -5.92. The van der Waals surface area contributed by atoms with E-state index in [1.807, 2.05) is 66.7 Å². The molecule has 4 aliphatic rings. The molecule has 0 bridgehead atoms. The standard InChI is InChI=1S/C39H29N6O6P3/c46-52(34-22-10-4-16-28(34)25-13-1-7-19-31(25)49-52)43-37-40-38(44-53(47)35-23-11-5-17-29(35)26-14-2-8-20-32(26)50-53)42-39(41-37)45-54(48)36-24-12-6-18-30(36)27-15-3-9-21-33(27)51-54/h1-8,10-20,22-24H,9,21H2,(H3,40,41,42,43,44,45,46,47,48). The molecule has 1 aliphatic carbocycles. The molecule has 12 nitrogen and oxygen atoms in total. The molecule has 3 aliphatic heterocycles. The van der Waals surface area contributed by atoms with Crippen LogP contribution >= 0.6 is 22.6 Å². The van der Waals surface area contributed by atoms with Crippen molar-refractivity contribution in [3.05, 3.63) is 145 Å². The number of allylic oxidation sites excluding steroid dienone is 4. The van der Waals surface area contributed by atoms with Gasteiger partial charge in [-0.25, -0.2) is 13.7 Å². The molecule has 10 rings (SSSR count). The maximum atomic E-state index is 14.9. The first-order valence-corrected chi connectivity index (χ1v) is 22.0. The maximum Gasteiger partial charge on any atom is 0.374 e. The Kier molecular flexibility index (Phi) is 7.46. The van der Waals surface area contributed by atoms with Gasteiger partial charge in [-0.05, 0) is 36.8 Å². The Morgan fingerprint density at radius 3 is 1.35 bits per heavy atom. The second kappa shape index (κ2) is 12.3. The van der Waals surface area contributed by atoms with E-state index in [1.165, 1.54) is 0 Å². The summed E-state index contributed by atoms with van der Waals surface area (Å²) in [5.74, 6) is 0.802. The summed E-state index contributed by atoms with van der Waals surface area (Å²) in [5.41, 5.74) is 4.64. The van der Waals surface area contributed by atoms with Crippen molar-refractivity contribution in [1.82, 2.24) is 15.0 Å². The number of para-hydroxylation sites is 2. The molecule has 0 fully saturated rings. The first kappa shape index (κ1) is 32.7. The van der Waals surface area contributed by atoms with Gasteiger partial charge in [0.1, 0.15) is 17.3 Å². The summed E-state index contributed by atoms with van der Waals surface area (Å²) in [7, 11) is -11.8. The molecule has 5 aromatic carbocycles. The molecule has 0 amide bonds. The third-order valence-corrected chi connectivity index (χ3v) is 15.4. The topological polar surface area (TPSA) is 154 Å². The highest BCUT2D eigenvalue weighted by atomic mass is 31.2. The van der Waals surface area contributed by atoms with E-state index in [2.05, 4.69) is 36.3 Å². The third kappa shape index (κ3) is 5.37. The van der Waals surface area contributed by atoms with Gasteiger partial charge in [0.15, 0.2) is 0 Å². The molecule has 266 valence electrons. The van der Waals surface area contributed by atoms with Crippen molar-refractivity contribution in [2.45, 2.75) is 12.8 Å². The van der Waals surface area contributed by atoms with Gasteiger partial charge in [0.2, 0.25) is 17.8 Å². The molecule has 3 N–H and O–H groups in total. The van der Waals surface area contributed by atoms with Crippen LogP contribution in [0.2, 0.25) is 0 Å². The van der Waals surface area contributed by atoms with Crippen LogP contribution in [0.1, 0.15) is 18.4 Å². The second-order valence-corrected chi connectivity index (χ2v) is 18.9. The number of nitrogens with zero attached hydrogens (tertiary/aromatic N) is 3. The largest absolute Gasteiger partial charge is 0.430 e. The number of aromatic nitrogens is 3. The van der Waals surface area contributed by atoms with Crippen LogP contribution in [0.25, 0.3) is 27.8 Å². The molecule has 1 aromatic heterocycles. The van der Waals surface area contributed by atoms with Gasteiger partial charge in [-0.3, -0.25) is 15.3 Å². The number of benzene rings is 5. The van der Waals surface area contributed by atoms with E-state index in [0.717, 1.165) is 39.8 Å². The number of hydrogen-bond acceptors (Lipinski definition) is 9. The van der Waals surface area contributed by atoms with E-state index >= 15 is 0 Å². The van der Waals surface area contributed by atoms with E-state index in [1.54, 1.807) is 60.7 Å². The summed E-state index contributed by atoms with van der Waals surface area (Å²) in [6, 6.07) is 36.3. The minimum absolute atomic E-state index is 0.196. The fourth-order valence-corrected chi connectivity index (χ4v) is 12.8. The summed E-state index contributed by atoms with van der Waals surface area (Å²) in [5, 5.41) is 10.1. The Labute approximate surface area is 309 Å². The Morgan fingerprint density at radius 1 is 0.463 bits per heavy atom. The summed E-state index contributed by atoms with van der Waals surface area (Å²) in [6.45, 7) is 0. The van der Waals surface area contributed by atoms with E-state index in [0.29, 0.717) is 39.6 Å². The summed E-state index contributed by atoms with van der Waals surface area (Å²) in [4.78, 5) is 13.7. The van der Waals surface area contributed by atoms with Gasteiger partial charge < -0.3 is 13.6 Å². The molecule has 0 radical (unpaired) electrons. The van der Waals surface area contributed by atoms with Crippen LogP contribution < -0.4 is 40.2 Å². The molecule has 54 heavy (non-hydrogen) atoms. The molecule has 0 spiro atoms. The lowest BCUT2D eigenvalue weighted by atomic mass is 9.98. The molecule has 3 unspecified atom stereocenters. The number of rotatable bonds is 6. The van der Waals surface area contributed by atoms with Gasteiger partial charge in [-0.15, -0.1) is 0 Å². The van der Waals surface area contributed by atoms with Gasteiger partial charge in [-0.1, -0.05) is 103 Å². The zero-order chi connectivity index (χ0) is 36.5. The van der Waals surface area contributed by atoms with Crippen molar-refractivity contribution in [2.75, 3.05) is 15.3 Å². The van der Waals surface area contributed by atoms with Crippen LogP contribution in [0, 0.1) is 0 Å². The summed E-state index contributed by atoms with van der Waals surface area (Å²) >= 11 is 0. The number of nitrogens with one attached hydrogen (secondary N) is 3. The van der Waals surface area contributed by atoms with E-state index in [-0.39, 0.29) is 17.8 Å². The van der Waals surface area contributed by atoms with E-state index < -0.39 is 22.6 Å². The Bertz CT molecular complexity index is 2640. The quantitative estimate of drug-likeness (QED) is 0.139. The van der Waals surface area contributed by atoms with Crippen LogP contribution in [0.4, 0.5) is 17.8 Å². The van der Waals surface area contributed by atoms with Gasteiger partial charge in [0, 0.05) is 39.8 Å². The molecular weight excluding hydrogens is 741 g/mol. The SMILES string of the molecule is O=P1(Nc2nc(NP3(=O)Oc4ccccc4-c4ccccc43)nc(NP3(=O)Oc4ccccc4-c4ccccc43)n2)OC2=C(C=CCC2)c2ccccc21.